The Bertz CT molecular complexity index is 520. The molecule has 0 amide bonds. The molecule has 0 bridgehead atoms. The molecule has 2 fully saturated rings. The van der Waals surface area contributed by atoms with Crippen LogP contribution in [0.15, 0.2) is 12.1 Å². The lowest BCUT2D eigenvalue weighted by atomic mass is 9.78. The van der Waals surface area contributed by atoms with Crippen LogP contribution in [0.5, 0.6) is 11.5 Å². The number of methoxy groups -OCH3 is 1. The minimum Gasteiger partial charge on any atom is -0.493 e. The van der Waals surface area contributed by atoms with Crippen LogP contribution >= 0.6 is 11.6 Å². The van der Waals surface area contributed by atoms with E-state index in [0.717, 1.165) is 47.8 Å². The molecule has 2 aliphatic rings. The van der Waals surface area contributed by atoms with Gasteiger partial charge in [0.15, 0.2) is 11.5 Å². The van der Waals surface area contributed by atoms with E-state index >= 15 is 0 Å². The van der Waals surface area contributed by atoms with Gasteiger partial charge in [0.25, 0.3) is 0 Å². The van der Waals surface area contributed by atoms with Gasteiger partial charge in [0.05, 0.1) is 13.2 Å². The molecule has 0 radical (unpaired) electrons. The van der Waals surface area contributed by atoms with E-state index < -0.39 is 0 Å². The third kappa shape index (κ3) is 2.81. The van der Waals surface area contributed by atoms with Gasteiger partial charge in [-0.15, -0.1) is 0 Å². The van der Waals surface area contributed by atoms with E-state index in [1.807, 2.05) is 12.1 Å². The fraction of sp³-hybridized carbons (Fsp3) is 0.667. The summed E-state index contributed by atoms with van der Waals surface area (Å²) in [6, 6.07) is 3.84. The van der Waals surface area contributed by atoms with Crippen molar-refractivity contribution in [2.75, 3.05) is 13.7 Å². The van der Waals surface area contributed by atoms with Crippen molar-refractivity contribution in [2.24, 2.45) is 5.73 Å². The van der Waals surface area contributed by atoms with Gasteiger partial charge in [-0.25, -0.2) is 0 Å². The van der Waals surface area contributed by atoms with Crippen LogP contribution in [0.3, 0.4) is 0 Å². The van der Waals surface area contributed by atoms with E-state index in [1.54, 1.807) is 7.11 Å². The van der Waals surface area contributed by atoms with E-state index in [9.17, 15) is 0 Å². The summed E-state index contributed by atoms with van der Waals surface area (Å²) in [7, 11) is 1.69. The largest absolute Gasteiger partial charge is 0.493 e. The molecule has 2 saturated carbocycles. The van der Waals surface area contributed by atoms with Crippen LogP contribution in [-0.4, -0.2) is 19.8 Å². The highest BCUT2D eigenvalue weighted by atomic mass is 35.5. The van der Waals surface area contributed by atoms with Gasteiger partial charge in [0, 0.05) is 22.5 Å². The predicted molar refractivity (Wildman–Crippen MR) is 90.1 cm³/mol. The van der Waals surface area contributed by atoms with E-state index in [4.69, 9.17) is 26.8 Å². The maximum atomic E-state index is 6.60. The van der Waals surface area contributed by atoms with Gasteiger partial charge >= 0.3 is 0 Å². The molecule has 22 heavy (non-hydrogen) atoms. The van der Waals surface area contributed by atoms with Crippen molar-refractivity contribution in [3.8, 4) is 11.5 Å². The van der Waals surface area contributed by atoms with Crippen molar-refractivity contribution in [1.29, 1.82) is 0 Å². The fourth-order valence-corrected chi connectivity index (χ4v) is 4.44. The molecule has 3 rings (SSSR count). The SMILES string of the molecule is COc1ccc(Cl)c(C2(CN)CCCC2)c1OC1CCCC1. The minimum atomic E-state index is -0.0560. The van der Waals surface area contributed by atoms with Crippen molar-refractivity contribution < 1.29 is 9.47 Å². The molecule has 122 valence electrons. The fourth-order valence-electron chi connectivity index (χ4n) is 4.09. The maximum Gasteiger partial charge on any atom is 0.166 e. The lowest BCUT2D eigenvalue weighted by Gasteiger charge is -2.32. The number of ether oxygens (including phenoxy) is 2. The molecule has 1 aromatic carbocycles. The monoisotopic (exact) mass is 323 g/mol. The number of nitrogens with two attached hydrogens (primary N) is 1. The smallest absolute Gasteiger partial charge is 0.166 e. The topological polar surface area (TPSA) is 44.5 Å². The van der Waals surface area contributed by atoms with Crippen LogP contribution in [0.25, 0.3) is 0 Å². The number of hydrogen-bond donors (Lipinski definition) is 1. The summed E-state index contributed by atoms with van der Waals surface area (Å²) >= 11 is 6.60. The van der Waals surface area contributed by atoms with Gasteiger partial charge in [-0.2, -0.15) is 0 Å². The first-order chi connectivity index (χ1) is 10.7. The number of rotatable bonds is 5. The summed E-state index contributed by atoms with van der Waals surface area (Å²) in [6.45, 7) is 0.612. The average molecular weight is 324 g/mol. The molecule has 4 heteroatoms. The van der Waals surface area contributed by atoms with Crippen LogP contribution in [-0.2, 0) is 5.41 Å². The second-order valence-electron chi connectivity index (χ2n) is 6.67. The number of hydrogen-bond acceptors (Lipinski definition) is 3. The third-order valence-corrected chi connectivity index (χ3v) is 5.67. The summed E-state index contributed by atoms with van der Waals surface area (Å²) in [5.41, 5.74) is 7.21. The Hall–Kier alpha value is -0.930. The third-order valence-electron chi connectivity index (χ3n) is 5.36. The standard InChI is InChI=1S/C18H26ClNO2/c1-21-15-9-8-14(19)16(18(12-20)10-4-5-11-18)17(15)22-13-6-2-3-7-13/h8-9,13H,2-7,10-12,20H2,1H3. The second kappa shape index (κ2) is 6.67. The number of benzene rings is 1. The highest BCUT2D eigenvalue weighted by molar-refractivity contribution is 6.31. The quantitative estimate of drug-likeness (QED) is 0.871. The molecule has 0 atom stereocenters. The van der Waals surface area contributed by atoms with Crippen LogP contribution in [0.2, 0.25) is 5.02 Å². The van der Waals surface area contributed by atoms with Crippen LogP contribution in [0.4, 0.5) is 0 Å². The van der Waals surface area contributed by atoms with E-state index in [1.165, 1.54) is 25.7 Å². The minimum absolute atomic E-state index is 0.0560. The lowest BCUT2D eigenvalue weighted by molar-refractivity contribution is 0.194. The van der Waals surface area contributed by atoms with Crippen LogP contribution in [0, 0.1) is 0 Å². The zero-order valence-corrected chi connectivity index (χ0v) is 14.1. The highest BCUT2D eigenvalue weighted by Gasteiger charge is 2.40. The van der Waals surface area contributed by atoms with E-state index in [0.29, 0.717) is 6.54 Å². The number of halogens is 1. The van der Waals surface area contributed by atoms with Crippen molar-refractivity contribution in [2.45, 2.75) is 62.9 Å². The lowest BCUT2D eigenvalue weighted by Crippen LogP contribution is -2.33. The molecule has 0 heterocycles. The van der Waals surface area contributed by atoms with Gasteiger partial charge in [0.1, 0.15) is 0 Å². The summed E-state index contributed by atoms with van der Waals surface area (Å²) in [6.07, 6.45) is 9.56. The molecule has 1 aromatic rings. The Morgan fingerprint density at radius 1 is 1.18 bits per heavy atom. The van der Waals surface area contributed by atoms with E-state index in [-0.39, 0.29) is 11.5 Å². The maximum absolute atomic E-state index is 6.60. The van der Waals surface area contributed by atoms with Gasteiger partial charge in [-0.3, -0.25) is 0 Å². The summed E-state index contributed by atoms with van der Waals surface area (Å²) in [4.78, 5) is 0. The molecule has 2 aliphatic carbocycles. The van der Waals surface area contributed by atoms with Crippen molar-refractivity contribution in [1.82, 2.24) is 0 Å². The molecule has 0 unspecified atom stereocenters. The first-order valence-electron chi connectivity index (χ1n) is 8.44. The molecular formula is C18H26ClNO2. The Morgan fingerprint density at radius 3 is 2.45 bits per heavy atom. The zero-order valence-electron chi connectivity index (χ0n) is 13.4. The van der Waals surface area contributed by atoms with Gasteiger partial charge in [-0.05, 0) is 50.7 Å². The average Bonchev–Trinajstić information content (AvgIpc) is 3.20. The summed E-state index contributed by atoms with van der Waals surface area (Å²) in [5, 5.41) is 0.765. The van der Waals surface area contributed by atoms with Gasteiger partial charge in [-0.1, -0.05) is 24.4 Å². The Kier molecular flexibility index (Phi) is 4.84. The van der Waals surface area contributed by atoms with Gasteiger partial charge in [0.2, 0.25) is 0 Å². The van der Waals surface area contributed by atoms with Crippen LogP contribution < -0.4 is 15.2 Å². The van der Waals surface area contributed by atoms with E-state index in [2.05, 4.69) is 0 Å². The Labute approximate surface area is 138 Å². The zero-order chi connectivity index (χ0) is 15.6. The molecular weight excluding hydrogens is 298 g/mol. The Morgan fingerprint density at radius 2 is 1.86 bits per heavy atom. The molecule has 0 saturated heterocycles. The summed E-state index contributed by atoms with van der Waals surface area (Å²) in [5.74, 6) is 1.63. The molecule has 0 spiro atoms. The Balaban J connectivity index is 2.05. The van der Waals surface area contributed by atoms with Crippen molar-refractivity contribution in [3.05, 3.63) is 22.7 Å². The predicted octanol–water partition coefficient (Wildman–Crippen LogP) is 4.44. The molecule has 0 aliphatic heterocycles. The molecule has 3 nitrogen and oxygen atoms in total. The van der Waals surface area contributed by atoms with Crippen molar-refractivity contribution in [3.63, 3.8) is 0 Å². The normalized spacial score (nSPS) is 21.2. The van der Waals surface area contributed by atoms with Gasteiger partial charge < -0.3 is 15.2 Å². The molecule has 0 aromatic heterocycles. The molecule has 2 N–H and O–H groups in total. The van der Waals surface area contributed by atoms with Crippen molar-refractivity contribution >= 4 is 11.6 Å². The highest BCUT2D eigenvalue weighted by Crippen LogP contribution is 2.50. The summed E-state index contributed by atoms with van der Waals surface area (Å²) < 4.78 is 12.0. The first kappa shape index (κ1) is 15.9. The second-order valence-corrected chi connectivity index (χ2v) is 7.08. The first-order valence-corrected chi connectivity index (χ1v) is 8.82. The van der Waals surface area contributed by atoms with Crippen LogP contribution in [0.1, 0.15) is 56.9 Å².